The standard InChI is InChI=1S/C26H21F3N2O/c27-26(28,29)19-10-6-9-17(13-19)25-24-22(30-20-11-4-5-12-21(20)31-25)14-18(15-23(24)32)16-7-2-1-3-8-16/h1-13,18,25,30-31H,14-15H2/t18-,25-/m0/s1. The first-order valence-corrected chi connectivity index (χ1v) is 10.5. The third-order valence-corrected chi connectivity index (χ3v) is 6.13. The van der Waals surface area contributed by atoms with Gasteiger partial charge in [0.05, 0.1) is 23.0 Å². The SMILES string of the molecule is O=C1C[C@@H](c2ccccc2)CC2=C1[C@H](c1cccc(C(F)(F)F)c1)Nc1ccccc1N2. The predicted octanol–water partition coefficient (Wildman–Crippen LogP) is 6.68. The van der Waals surface area contributed by atoms with Crippen molar-refractivity contribution in [2.24, 2.45) is 0 Å². The molecule has 3 aromatic carbocycles. The van der Waals surface area contributed by atoms with Gasteiger partial charge in [0.25, 0.3) is 0 Å². The van der Waals surface area contributed by atoms with Crippen LogP contribution in [0.1, 0.15) is 41.5 Å². The molecule has 2 atom stereocenters. The van der Waals surface area contributed by atoms with Gasteiger partial charge in [-0.25, -0.2) is 0 Å². The van der Waals surface area contributed by atoms with Crippen molar-refractivity contribution in [1.82, 2.24) is 0 Å². The smallest absolute Gasteiger partial charge is 0.372 e. The molecular formula is C26H21F3N2O. The summed E-state index contributed by atoms with van der Waals surface area (Å²) >= 11 is 0. The van der Waals surface area contributed by atoms with Gasteiger partial charge in [-0.3, -0.25) is 4.79 Å². The summed E-state index contributed by atoms with van der Waals surface area (Å²) in [6.45, 7) is 0. The molecule has 0 amide bonds. The third-order valence-electron chi connectivity index (χ3n) is 6.13. The maximum absolute atomic E-state index is 13.4. The van der Waals surface area contributed by atoms with Crippen LogP contribution in [0.25, 0.3) is 0 Å². The number of nitrogens with one attached hydrogen (secondary N) is 2. The second-order valence-electron chi connectivity index (χ2n) is 8.20. The second-order valence-corrected chi connectivity index (χ2v) is 8.20. The second kappa shape index (κ2) is 7.86. The third kappa shape index (κ3) is 3.77. The average molecular weight is 434 g/mol. The monoisotopic (exact) mass is 434 g/mol. The minimum absolute atomic E-state index is 0.0161. The highest BCUT2D eigenvalue weighted by Crippen LogP contribution is 2.44. The van der Waals surface area contributed by atoms with Crippen LogP contribution >= 0.6 is 0 Å². The summed E-state index contributed by atoms with van der Waals surface area (Å²) < 4.78 is 40.2. The van der Waals surface area contributed by atoms with E-state index in [2.05, 4.69) is 10.6 Å². The Hall–Kier alpha value is -3.54. The predicted molar refractivity (Wildman–Crippen MR) is 118 cm³/mol. The van der Waals surface area contributed by atoms with E-state index in [0.717, 1.165) is 34.8 Å². The molecule has 0 fully saturated rings. The fourth-order valence-corrected chi connectivity index (χ4v) is 4.60. The topological polar surface area (TPSA) is 41.1 Å². The van der Waals surface area contributed by atoms with E-state index in [4.69, 9.17) is 0 Å². The molecule has 0 unspecified atom stereocenters. The van der Waals surface area contributed by atoms with Gasteiger partial charge < -0.3 is 10.6 Å². The van der Waals surface area contributed by atoms with Gasteiger partial charge >= 0.3 is 6.18 Å². The first-order valence-electron chi connectivity index (χ1n) is 10.5. The molecule has 3 aromatic rings. The molecule has 162 valence electrons. The van der Waals surface area contributed by atoms with Crippen LogP contribution in [0.2, 0.25) is 0 Å². The van der Waals surface area contributed by atoms with Crippen LogP contribution in [-0.4, -0.2) is 5.78 Å². The van der Waals surface area contributed by atoms with Crippen LogP contribution < -0.4 is 10.6 Å². The Kier molecular flexibility index (Phi) is 5.00. The fraction of sp³-hybridized carbons (Fsp3) is 0.192. The Morgan fingerprint density at radius 2 is 1.47 bits per heavy atom. The van der Waals surface area contributed by atoms with E-state index in [0.29, 0.717) is 24.0 Å². The van der Waals surface area contributed by atoms with Crippen molar-refractivity contribution in [2.75, 3.05) is 10.6 Å². The number of alkyl halides is 3. The Morgan fingerprint density at radius 3 is 2.22 bits per heavy atom. The molecule has 6 heteroatoms. The lowest BCUT2D eigenvalue weighted by atomic mass is 9.78. The number of ketones is 1. The number of rotatable bonds is 2. The van der Waals surface area contributed by atoms with Gasteiger partial charge in [-0.1, -0.05) is 54.6 Å². The van der Waals surface area contributed by atoms with Crippen molar-refractivity contribution in [2.45, 2.75) is 31.0 Å². The van der Waals surface area contributed by atoms with Gasteiger partial charge in [0.2, 0.25) is 0 Å². The number of hydrogen-bond donors (Lipinski definition) is 2. The summed E-state index contributed by atoms with van der Waals surface area (Å²) in [7, 11) is 0. The Balaban J connectivity index is 1.62. The van der Waals surface area contributed by atoms with Crippen molar-refractivity contribution in [3.05, 3.63) is 107 Å². The van der Waals surface area contributed by atoms with Gasteiger partial charge in [-0.05, 0) is 47.7 Å². The lowest BCUT2D eigenvalue weighted by molar-refractivity contribution is -0.137. The van der Waals surface area contributed by atoms with Crippen LogP contribution in [0.3, 0.4) is 0 Å². The number of carbonyl (C=O) groups is 1. The molecule has 32 heavy (non-hydrogen) atoms. The number of fused-ring (bicyclic) bond motifs is 1. The molecular weight excluding hydrogens is 413 g/mol. The normalized spacial score (nSPS) is 20.5. The van der Waals surface area contributed by atoms with E-state index >= 15 is 0 Å². The minimum atomic E-state index is -4.46. The number of allylic oxidation sites excluding steroid dienone is 1. The molecule has 3 nitrogen and oxygen atoms in total. The maximum atomic E-state index is 13.4. The molecule has 0 radical (unpaired) electrons. The average Bonchev–Trinajstić information content (AvgIpc) is 2.96. The molecule has 0 aromatic heterocycles. The van der Waals surface area contributed by atoms with Crippen LogP contribution in [0.5, 0.6) is 0 Å². The highest BCUT2D eigenvalue weighted by Gasteiger charge is 2.37. The maximum Gasteiger partial charge on any atom is 0.416 e. The number of Topliss-reactive ketones (excluding diaryl/α,β-unsaturated/α-hetero) is 1. The summed E-state index contributed by atoms with van der Waals surface area (Å²) in [5, 5.41) is 6.74. The summed E-state index contributed by atoms with van der Waals surface area (Å²) in [5.74, 6) is -0.0438. The van der Waals surface area contributed by atoms with Gasteiger partial charge in [0.15, 0.2) is 5.78 Å². The molecule has 1 aliphatic heterocycles. The molecule has 0 bridgehead atoms. The van der Waals surface area contributed by atoms with E-state index in [-0.39, 0.29) is 11.7 Å². The zero-order valence-electron chi connectivity index (χ0n) is 17.1. The summed E-state index contributed by atoms with van der Waals surface area (Å²) in [5.41, 5.74) is 3.58. The zero-order chi connectivity index (χ0) is 22.3. The number of hydrogen-bond acceptors (Lipinski definition) is 3. The number of benzene rings is 3. The molecule has 1 aliphatic carbocycles. The lowest BCUT2D eigenvalue weighted by Gasteiger charge is -2.30. The highest BCUT2D eigenvalue weighted by molar-refractivity contribution is 6.01. The Morgan fingerprint density at radius 1 is 0.781 bits per heavy atom. The molecule has 2 aliphatic rings. The molecule has 5 rings (SSSR count). The fourth-order valence-electron chi connectivity index (χ4n) is 4.60. The molecule has 2 N–H and O–H groups in total. The molecule has 1 heterocycles. The molecule has 0 saturated heterocycles. The van der Waals surface area contributed by atoms with Crippen molar-refractivity contribution >= 4 is 17.2 Å². The van der Waals surface area contributed by atoms with Gasteiger partial charge in [-0.2, -0.15) is 13.2 Å². The van der Waals surface area contributed by atoms with Gasteiger partial charge in [-0.15, -0.1) is 0 Å². The first kappa shape index (κ1) is 20.4. The zero-order valence-corrected chi connectivity index (χ0v) is 17.1. The quantitative estimate of drug-likeness (QED) is 0.472. The van der Waals surface area contributed by atoms with E-state index in [1.54, 1.807) is 6.07 Å². The lowest BCUT2D eigenvalue weighted by Crippen LogP contribution is -2.27. The number of para-hydroxylation sites is 2. The highest BCUT2D eigenvalue weighted by atomic mass is 19.4. The number of carbonyl (C=O) groups excluding carboxylic acids is 1. The summed E-state index contributed by atoms with van der Waals surface area (Å²) in [4.78, 5) is 13.4. The summed E-state index contributed by atoms with van der Waals surface area (Å²) in [6, 6.07) is 21.9. The van der Waals surface area contributed by atoms with E-state index < -0.39 is 17.8 Å². The van der Waals surface area contributed by atoms with Crippen LogP contribution in [0.4, 0.5) is 24.5 Å². The molecule has 0 spiro atoms. The summed E-state index contributed by atoms with van der Waals surface area (Å²) in [6.07, 6.45) is -3.53. The van der Waals surface area contributed by atoms with Crippen LogP contribution in [0.15, 0.2) is 90.1 Å². The van der Waals surface area contributed by atoms with Crippen LogP contribution in [-0.2, 0) is 11.0 Å². The van der Waals surface area contributed by atoms with E-state index in [1.165, 1.54) is 6.07 Å². The van der Waals surface area contributed by atoms with E-state index in [1.807, 2.05) is 54.6 Å². The van der Waals surface area contributed by atoms with Crippen LogP contribution in [0, 0.1) is 0 Å². The van der Waals surface area contributed by atoms with Gasteiger partial charge in [0, 0.05) is 17.7 Å². The number of halogens is 3. The van der Waals surface area contributed by atoms with E-state index in [9.17, 15) is 18.0 Å². The van der Waals surface area contributed by atoms with Crippen molar-refractivity contribution in [3.63, 3.8) is 0 Å². The van der Waals surface area contributed by atoms with Crippen molar-refractivity contribution in [1.29, 1.82) is 0 Å². The van der Waals surface area contributed by atoms with Crippen molar-refractivity contribution < 1.29 is 18.0 Å². The van der Waals surface area contributed by atoms with Crippen molar-refractivity contribution in [3.8, 4) is 0 Å². The largest absolute Gasteiger partial charge is 0.416 e. The molecule has 0 saturated carbocycles. The minimum Gasteiger partial charge on any atom is -0.372 e. The Bertz CT molecular complexity index is 1200. The first-order chi connectivity index (χ1) is 15.4. The van der Waals surface area contributed by atoms with Gasteiger partial charge in [0.1, 0.15) is 0 Å². The number of anilines is 2. The Labute approximate surface area is 184 Å².